The molecule has 2 aromatic rings. The first-order valence-corrected chi connectivity index (χ1v) is 5.73. The van der Waals surface area contributed by atoms with Crippen molar-refractivity contribution in [1.82, 2.24) is 10.2 Å². The van der Waals surface area contributed by atoms with Gasteiger partial charge in [-0.3, -0.25) is 0 Å². The summed E-state index contributed by atoms with van der Waals surface area (Å²) in [4.78, 5) is 10.6. The maximum Gasteiger partial charge on any atom is 0.393 e. The van der Waals surface area contributed by atoms with E-state index < -0.39 is 11.9 Å². The first-order valence-electron chi connectivity index (χ1n) is 5.73. The monoisotopic (exact) mass is 262 g/mol. The number of carbonyl (C=O) groups is 1. The Labute approximate surface area is 110 Å². The molecule has 0 aliphatic carbocycles. The topological polar surface area (TPSA) is 85.5 Å². The Hall–Kier alpha value is -2.37. The summed E-state index contributed by atoms with van der Waals surface area (Å²) in [5.74, 6) is -0.829. The Morgan fingerprint density at radius 3 is 2.53 bits per heavy atom. The van der Waals surface area contributed by atoms with Gasteiger partial charge >= 0.3 is 11.9 Å². The molecule has 0 saturated carbocycles. The van der Waals surface area contributed by atoms with Gasteiger partial charge in [0.25, 0.3) is 5.89 Å². The number of benzene rings is 1. The highest BCUT2D eigenvalue weighted by atomic mass is 16.5. The Kier molecular flexibility index (Phi) is 3.50. The summed E-state index contributed by atoms with van der Waals surface area (Å²) < 4.78 is 10.5. The highest BCUT2D eigenvalue weighted by molar-refractivity contribution is 5.81. The third kappa shape index (κ3) is 2.90. The largest absolute Gasteiger partial charge is 0.484 e. The maximum absolute atomic E-state index is 10.6. The molecule has 1 aromatic carbocycles. The highest BCUT2D eigenvalue weighted by Crippen LogP contribution is 2.23. The minimum atomic E-state index is -1.25. The molecule has 0 radical (unpaired) electrons. The predicted molar refractivity (Wildman–Crippen MR) is 66.2 cm³/mol. The van der Waals surface area contributed by atoms with Crippen molar-refractivity contribution in [3.8, 4) is 5.75 Å². The lowest BCUT2D eigenvalue weighted by atomic mass is 10.1. The molecule has 0 spiro atoms. The Bertz CT molecular complexity index is 619. The third-order valence-electron chi connectivity index (χ3n) is 2.79. The van der Waals surface area contributed by atoms with Crippen LogP contribution >= 0.6 is 0 Å². The molecule has 0 atom stereocenters. The molecular formula is C13H14N2O4. The lowest BCUT2D eigenvalue weighted by molar-refractivity contribution is 0.0649. The van der Waals surface area contributed by atoms with Crippen LogP contribution in [0.2, 0.25) is 0 Å². The van der Waals surface area contributed by atoms with E-state index in [2.05, 4.69) is 10.2 Å². The van der Waals surface area contributed by atoms with Crippen LogP contribution in [0.5, 0.6) is 5.75 Å². The van der Waals surface area contributed by atoms with Crippen LogP contribution < -0.4 is 4.74 Å². The zero-order chi connectivity index (χ0) is 14.0. The van der Waals surface area contributed by atoms with Gasteiger partial charge < -0.3 is 14.3 Å². The summed E-state index contributed by atoms with van der Waals surface area (Å²) in [5.41, 5.74) is 3.31. The molecule has 1 aromatic heterocycles. The van der Waals surface area contributed by atoms with Crippen LogP contribution in [0.15, 0.2) is 16.5 Å². The number of aryl methyl sites for hydroxylation is 3. The van der Waals surface area contributed by atoms with Gasteiger partial charge in [-0.05, 0) is 43.5 Å². The molecule has 0 saturated heterocycles. The van der Waals surface area contributed by atoms with E-state index in [1.807, 2.05) is 32.9 Å². The number of carboxylic acid groups (broad SMARTS) is 1. The van der Waals surface area contributed by atoms with E-state index in [4.69, 9.17) is 14.3 Å². The standard InChI is InChI=1S/C13H14N2O4/c1-7-4-9(3)10(5-8(7)2)18-6-11-14-15-12(19-11)13(16)17/h4-5H,6H2,1-3H3,(H,16,17). The number of nitrogens with zero attached hydrogens (tertiary/aromatic N) is 2. The molecule has 0 fully saturated rings. The Morgan fingerprint density at radius 2 is 1.89 bits per heavy atom. The first-order chi connectivity index (χ1) is 8.97. The van der Waals surface area contributed by atoms with Crippen LogP contribution in [0, 0.1) is 20.8 Å². The van der Waals surface area contributed by atoms with Gasteiger partial charge in [0.2, 0.25) is 0 Å². The summed E-state index contributed by atoms with van der Waals surface area (Å²) in [7, 11) is 0. The van der Waals surface area contributed by atoms with Gasteiger partial charge in [-0.1, -0.05) is 6.07 Å². The predicted octanol–water partition coefficient (Wildman–Crippen LogP) is 2.27. The summed E-state index contributed by atoms with van der Waals surface area (Å²) in [6.07, 6.45) is 0. The van der Waals surface area contributed by atoms with Crippen molar-refractivity contribution in [1.29, 1.82) is 0 Å². The lowest BCUT2D eigenvalue weighted by Gasteiger charge is -2.10. The van der Waals surface area contributed by atoms with Crippen molar-refractivity contribution in [2.75, 3.05) is 0 Å². The van der Waals surface area contributed by atoms with Crippen LogP contribution in [0.4, 0.5) is 0 Å². The van der Waals surface area contributed by atoms with Gasteiger partial charge in [0, 0.05) is 0 Å². The number of ether oxygens (including phenoxy) is 1. The molecular weight excluding hydrogens is 248 g/mol. The van der Waals surface area contributed by atoms with E-state index in [0.29, 0.717) is 0 Å². The van der Waals surface area contributed by atoms with E-state index in [1.54, 1.807) is 0 Å². The fourth-order valence-corrected chi connectivity index (χ4v) is 1.63. The molecule has 0 aliphatic rings. The minimum absolute atomic E-state index is 0.0453. The Morgan fingerprint density at radius 1 is 1.21 bits per heavy atom. The van der Waals surface area contributed by atoms with Crippen molar-refractivity contribution in [2.24, 2.45) is 0 Å². The number of carboxylic acids is 1. The smallest absolute Gasteiger partial charge is 0.393 e. The first kappa shape index (κ1) is 13.1. The van der Waals surface area contributed by atoms with Crippen LogP contribution in [0.3, 0.4) is 0 Å². The SMILES string of the molecule is Cc1cc(C)c(OCc2nnc(C(=O)O)o2)cc1C. The number of aromatic carboxylic acids is 1. The van der Waals surface area contributed by atoms with E-state index in [-0.39, 0.29) is 12.5 Å². The molecule has 100 valence electrons. The minimum Gasteiger partial charge on any atom is -0.484 e. The van der Waals surface area contributed by atoms with Crippen LogP contribution in [-0.4, -0.2) is 21.3 Å². The molecule has 19 heavy (non-hydrogen) atoms. The molecule has 2 rings (SSSR count). The second-order valence-corrected chi connectivity index (χ2v) is 4.30. The van der Waals surface area contributed by atoms with E-state index in [9.17, 15) is 4.79 Å². The number of hydrogen-bond donors (Lipinski definition) is 1. The zero-order valence-corrected chi connectivity index (χ0v) is 10.9. The van der Waals surface area contributed by atoms with Crippen molar-refractivity contribution in [3.63, 3.8) is 0 Å². The fourth-order valence-electron chi connectivity index (χ4n) is 1.63. The van der Waals surface area contributed by atoms with Gasteiger partial charge in [0.05, 0.1) is 0 Å². The molecule has 6 heteroatoms. The van der Waals surface area contributed by atoms with Gasteiger partial charge in [0.1, 0.15) is 5.75 Å². The van der Waals surface area contributed by atoms with Crippen molar-refractivity contribution >= 4 is 5.97 Å². The summed E-state index contributed by atoms with van der Waals surface area (Å²) in [5, 5.41) is 15.6. The van der Waals surface area contributed by atoms with E-state index >= 15 is 0 Å². The molecule has 0 amide bonds. The molecule has 0 bridgehead atoms. The lowest BCUT2D eigenvalue weighted by Crippen LogP contribution is -1.98. The van der Waals surface area contributed by atoms with E-state index in [0.717, 1.165) is 16.9 Å². The fraction of sp³-hybridized carbons (Fsp3) is 0.308. The molecule has 0 unspecified atom stereocenters. The average Bonchev–Trinajstić information content (AvgIpc) is 2.81. The van der Waals surface area contributed by atoms with Gasteiger partial charge in [-0.15, -0.1) is 10.2 Å². The summed E-state index contributed by atoms with van der Waals surface area (Å²) in [6, 6.07) is 3.96. The zero-order valence-electron chi connectivity index (χ0n) is 10.9. The number of hydrogen-bond acceptors (Lipinski definition) is 5. The molecule has 6 nitrogen and oxygen atoms in total. The maximum atomic E-state index is 10.6. The molecule has 1 heterocycles. The highest BCUT2D eigenvalue weighted by Gasteiger charge is 2.13. The van der Waals surface area contributed by atoms with Crippen LogP contribution in [0.25, 0.3) is 0 Å². The number of aromatic nitrogens is 2. The third-order valence-corrected chi connectivity index (χ3v) is 2.79. The second-order valence-electron chi connectivity index (χ2n) is 4.30. The van der Waals surface area contributed by atoms with Crippen molar-refractivity contribution < 1.29 is 19.1 Å². The average molecular weight is 262 g/mol. The van der Waals surface area contributed by atoms with Crippen LogP contribution in [0.1, 0.15) is 33.3 Å². The van der Waals surface area contributed by atoms with Crippen LogP contribution in [-0.2, 0) is 6.61 Å². The van der Waals surface area contributed by atoms with Gasteiger partial charge in [-0.25, -0.2) is 4.79 Å². The van der Waals surface area contributed by atoms with Crippen molar-refractivity contribution in [2.45, 2.75) is 27.4 Å². The Balaban J connectivity index is 2.09. The van der Waals surface area contributed by atoms with Crippen molar-refractivity contribution in [3.05, 3.63) is 40.6 Å². The van der Waals surface area contributed by atoms with E-state index in [1.165, 1.54) is 5.56 Å². The van der Waals surface area contributed by atoms with Gasteiger partial charge in [-0.2, -0.15) is 0 Å². The van der Waals surface area contributed by atoms with Gasteiger partial charge in [0.15, 0.2) is 6.61 Å². The quantitative estimate of drug-likeness (QED) is 0.909. The molecule has 0 aliphatic heterocycles. The normalized spacial score (nSPS) is 10.5. The second kappa shape index (κ2) is 5.09. The summed E-state index contributed by atoms with van der Waals surface area (Å²) in [6.45, 7) is 6.02. The molecule has 1 N–H and O–H groups in total. The summed E-state index contributed by atoms with van der Waals surface area (Å²) >= 11 is 0. The number of rotatable bonds is 4.